The summed E-state index contributed by atoms with van der Waals surface area (Å²) in [5.74, 6) is -1.78. The van der Waals surface area contributed by atoms with Crippen LogP contribution in [0.25, 0.3) is 0 Å². The molecule has 0 radical (unpaired) electrons. The Morgan fingerprint density at radius 2 is 1.85 bits per heavy atom. The van der Waals surface area contributed by atoms with Crippen molar-refractivity contribution in [3.05, 3.63) is 70.0 Å². The molecular weight excluding hydrogens is 388 g/mol. The number of rotatable bonds is 2. The summed E-state index contributed by atoms with van der Waals surface area (Å²) in [6.45, 7) is 1.70. The molecule has 142 valence electrons. The summed E-state index contributed by atoms with van der Waals surface area (Å²) in [4.78, 5) is 12.7. The molecule has 3 rings (SSSR count). The van der Waals surface area contributed by atoms with Crippen LogP contribution in [-0.2, 0) is 0 Å². The number of carbonyl (C=O) groups excluding carboxylic acids is 1. The summed E-state index contributed by atoms with van der Waals surface area (Å²) in [5, 5.41) is 13.9. The number of hydrogen-bond acceptors (Lipinski definition) is 3. The normalized spacial score (nSPS) is 20.0. The van der Waals surface area contributed by atoms with Gasteiger partial charge in [-0.05, 0) is 42.3 Å². The van der Waals surface area contributed by atoms with Crippen LogP contribution in [-0.4, -0.2) is 33.6 Å². The van der Waals surface area contributed by atoms with Crippen LogP contribution >= 0.6 is 11.6 Å². The average Bonchev–Trinajstić information content (AvgIpc) is 2.94. The number of amides is 1. The zero-order valence-electron chi connectivity index (χ0n) is 13.9. The topological polar surface area (TPSA) is 52.9 Å². The van der Waals surface area contributed by atoms with E-state index in [1.807, 2.05) is 0 Å². The molecule has 0 aliphatic carbocycles. The molecule has 1 atom stereocenters. The second-order valence-electron chi connectivity index (χ2n) is 6.14. The Morgan fingerprint density at radius 3 is 2.41 bits per heavy atom. The van der Waals surface area contributed by atoms with E-state index in [0.717, 1.165) is 12.1 Å². The van der Waals surface area contributed by atoms with Crippen LogP contribution in [0.4, 0.5) is 17.6 Å². The van der Waals surface area contributed by atoms with Crippen LogP contribution in [0, 0.1) is 12.7 Å². The van der Waals surface area contributed by atoms with Crippen molar-refractivity contribution in [1.29, 1.82) is 0 Å². The van der Waals surface area contributed by atoms with Crippen LogP contribution in [0.3, 0.4) is 0 Å². The lowest BCUT2D eigenvalue weighted by atomic mass is 10.0. The molecule has 0 saturated carbocycles. The fourth-order valence-corrected chi connectivity index (χ4v) is 3.01. The van der Waals surface area contributed by atoms with Crippen molar-refractivity contribution in [3.8, 4) is 0 Å². The first-order valence-corrected chi connectivity index (χ1v) is 8.14. The van der Waals surface area contributed by atoms with Gasteiger partial charge in [0.05, 0.1) is 22.7 Å². The van der Waals surface area contributed by atoms with E-state index in [1.165, 1.54) is 30.3 Å². The number of carbonyl (C=O) groups is 1. The second-order valence-corrected chi connectivity index (χ2v) is 6.55. The van der Waals surface area contributed by atoms with Crippen LogP contribution in [0.2, 0.25) is 5.02 Å². The molecule has 0 aromatic heterocycles. The van der Waals surface area contributed by atoms with Gasteiger partial charge in [0, 0.05) is 0 Å². The fourth-order valence-electron chi connectivity index (χ4n) is 2.69. The average molecular weight is 401 g/mol. The number of hydrogen-bond donors (Lipinski definition) is 1. The van der Waals surface area contributed by atoms with Gasteiger partial charge in [0.2, 0.25) is 0 Å². The van der Waals surface area contributed by atoms with E-state index >= 15 is 0 Å². The van der Waals surface area contributed by atoms with E-state index in [-0.39, 0.29) is 26.9 Å². The molecule has 0 spiro atoms. The quantitative estimate of drug-likeness (QED) is 0.765. The lowest BCUT2D eigenvalue weighted by molar-refractivity contribution is -0.297. The Balaban J connectivity index is 2.07. The number of aliphatic hydroxyl groups is 1. The Bertz CT molecular complexity index is 928. The van der Waals surface area contributed by atoms with Gasteiger partial charge in [-0.25, -0.2) is 4.39 Å². The van der Waals surface area contributed by atoms with Crippen molar-refractivity contribution in [1.82, 2.24) is 5.01 Å². The standard InChI is InChI=1S/C18H13ClF4N2O2/c1-10-2-7-13(14(19)8-10)16(26)25-17(27,18(21,22)23)9-15(24-25)11-3-5-12(20)6-4-11/h2-8,27H,9H2,1H3/t17-/m1/s1. The third-order valence-electron chi connectivity index (χ3n) is 4.16. The van der Waals surface area contributed by atoms with Gasteiger partial charge in [-0.15, -0.1) is 0 Å². The molecule has 1 aliphatic heterocycles. The minimum absolute atomic E-state index is 0.0117. The molecule has 0 saturated heterocycles. The predicted molar refractivity (Wildman–Crippen MR) is 90.9 cm³/mol. The Hall–Kier alpha value is -2.45. The number of benzene rings is 2. The maximum absolute atomic E-state index is 13.6. The SMILES string of the molecule is Cc1ccc(C(=O)N2N=C(c3ccc(F)cc3)C[C@@]2(O)C(F)(F)F)c(Cl)c1. The van der Waals surface area contributed by atoms with E-state index in [0.29, 0.717) is 5.56 Å². The van der Waals surface area contributed by atoms with Gasteiger partial charge >= 0.3 is 6.18 Å². The van der Waals surface area contributed by atoms with E-state index in [2.05, 4.69) is 5.10 Å². The third-order valence-corrected chi connectivity index (χ3v) is 4.48. The number of nitrogens with zero attached hydrogens (tertiary/aromatic N) is 2. The van der Waals surface area contributed by atoms with Crippen molar-refractivity contribution < 1.29 is 27.5 Å². The largest absolute Gasteiger partial charge is 0.438 e. The van der Waals surface area contributed by atoms with Crippen LogP contribution in [0.15, 0.2) is 47.6 Å². The highest BCUT2D eigenvalue weighted by atomic mass is 35.5. The molecule has 1 aliphatic rings. The van der Waals surface area contributed by atoms with Gasteiger partial charge in [-0.1, -0.05) is 29.8 Å². The number of aryl methyl sites for hydroxylation is 1. The number of hydrazone groups is 1. The minimum Gasteiger partial charge on any atom is -0.362 e. The summed E-state index contributed by atoms with van der Waals surface area (Å²) in [7, 11) is 0. The van der Waals surface area contributed by atoms with Crippen molar-refractivity contribution in [2.45, 2.75) is 25.2 Å². The van der Waals surface area contributed by atoms with Gasteiger partial charge in [-0.2, -0.15) is 23.3 Å². The smallest absolute Gasteiger partial charge is 0.362 e. The molecule has 2 aromatic carbocycles. The number of alkyl halides is 3. The highest BCUT2D eigenvalue weighted by Crippen LogP contribution is 2.42. The number of halogens is 5. The zero-order valence-corrected chi connectivity index (χ0v) is 14.6. The molecule has 27 heavy (non-hydrogen) atoms. The molecular formula is C18H13ClF4N2O2. The Kier molecular flexibility index (Phi) is 4.73. The van der Waals surface area contributed by atoms with Crippen LogP contribution < -0.4 is 0 Å². The van der Waals surface area contributed by atoms with Gasteiger partial charge in [0.25, 0.3) is 11.6 Å². The van der Waals surface area contributed by atoms with Gasteiger partial charge in [0.15, 0.2) is 0 Å². The lowest BCUT2D eigenvalue weighted by Gasteiger charge is -2.32. The zero-order chi connectivity index (χ0) is 20.0. The second kappa shape index (κ2) is 6.61. The predicted octanol–water partition coefficient (Wildman–Crippen LogP) is 4.29. The maximum Gasteiger partial charge on any atom is 0.438 e. The molecule has 0 bridgehead atoms. The highest BCUT2D eigenvalue weighted by Gasteiger charge is 2.63. The van der Waals surface area contributed by atoms with Crippen molar-refractivity contribution in [3.63, 3.8) is 0 Å². The van der Waals surface area contributed by atoms with E-state index in [1.54, 1.807) is 6.92 Å². The monoisotopic (exact) mass is 400 g/mol. The summed E-state index contributed by atoms with van der Waals surface area (Å²) < 4.78 is 53.8. The molecule has 0 unspecified atom stereocenters. The summed E-state index contributed by atoms with van der Waals surface area (Å²) in [6, 6.07) is 8.73. The van der Waals surface area contributed by atoms with Crippen molar-refractivity contribution >= 4 is 23.2 Å². The fraction of sp³-hybridized carbons (Fsp3) is 0.222. The molecule has 9 heteroatoms. The van der Waals surface area contributed by atoms with Gasteiger partial charge in [-0.3, -0.25) is 4.79 Å². The van der Waals surface area contributed by atoms with Crippen LogP contribution in [0.5, 0.6) is 0 Å². The lowest BCUT2D eigenvalue weighted by Crippen LogP contribution is -2.56. The molecule has 2 aromatic rings. The molecule has 4 nitrogen and oxygen atoms in total. The van der Waals surface area contributed by atoms with Gasteiger partial charge in [0.1, 0.15) is 5.82 Å². The Morgan fingerprint density at radius 1 is 1.22 bits per heavy atom. The molecule has 1 heterocycles. The summed E-state index contributed by atoms with van der Waals surface area (Å²) >= 11 is 5.98. The molecule has 0 fully saturated rings. The first-order chi connectivity index (χ1) is 12.5. The highest BCUT2D eigenvalue weighted by molar-refractivity contribution is 6.34. The van der Waals surface area contributed by atoms with E-state index in [4.69, 9.17) is 11.6 Å². The maximum atomic E-state index is 13.6. The molecule has 1 N–H and O–H groups in total. The first kappa shape index (κ1) is 19.3. The van der Waals surface area contributed by atoms with E-state index < -0.39 is 30.0 Å². The van der Waals surface area contributed by atoms with Crippen molar-refractivity contribution in [2.75, 3.05) is 0 Å². The van der Waals surface area contributed by atoms with Crippen molar-refractivity contribution in [2.24, 2.45) is 5.10 Å². The third kappa shape index (κ3) is 3.42. The molecule has 1 amide bonds. The van der Waals surface area contributed by atoms with Gasteiger partial charge < -0.3 is 5.11 Å². The summed E-state index contributed by atoms with van der Waals surface area (Å²) in [5.41, 5.74) is -3.11. The van der Waals surface area contributed by atoms with Crippen LogP contribution in [0.1, 0.15) is 27.9 Å². The first-order valence-electron chi connectivity index (χ1n) is 7.76. The minimum atomic E-state index is -5.18. The Labute approximate surface area is 156 Å². The summed E-state index contributed by atoms with van der Waals surface area (Å²) in [6.07, 6.45) is -6.16. The van der Waals surface area contributed by atoms with E-state index in [9.17, 15) is 27.5 Å².